The van der Waals surface area contributed by atoms with Gasteiger partial charge in [0, 0.05) is 42.5 Å². The van der Waals surface area contributed by atoms with Crippen LogP contribution >= 0.6 is 0 Å². The number of nitrogen functional groups attached to an aromatic ring is 1. The second-order valence-electron chi connectivity index (χ2n) is 11.4. The van der Waals surface area contributed by atoms with Crippen LogP contribution in [0.2, 0.25) is 0 Å². The van der Waals surface area contributed by atoms with Crippen LogP contribution in [0.15, 0.2) is 71.6 Å². The van der Waals surface area contributed by atoms with Crippen molar-refractivity contribution in [3.05, 3.63) is 89.8 Å². The predicted octanol–water partition coefficient (Wildman–Crippen LogP) is 5.82. The first kappa shape index (κ1) is 31.2. The average Bonchev–Trinajstić information content (AvgIpc) is 3.61. The van der Waals surface area contributed by atoms with Gasteiger partial charge < -0.3 is 25.6 Å². The number of anilines is 2. The van der Waals surface area contributed by atoms with Crippen molar-refractivity contribution in [3.8, 4) is 16.9 Å². The highest BCUT2D eigenvalue weighted by atomic mass is 16.5. The molecule has 6 aromatic rings. The molecular formula is C35H36N8O4. The molecule has 0 bridgehead atoms. The van der Waals surface area contributed by atoms with Crippen molar-refractivity contribution in [1.82, 2.24) is 30.2 Å². The number of carbonyl (C=O) groups is 2. The van der Waals surface area contributed by atoms with Crippen molar-refractivity contribution in [1.29, 1.82) is 0 Å². The fourth-order valence-corrected chi connectivity index (χ4v) is 5.74. The number of aryl methyl sites for hydroxylation is 2. The summed E-state index contributed by atoms with van der Waals surface area (Å²) in [6.45, 7) is 4.57. The number of benzene rings is 2. The molecule has 0 spiro atoms. The number of ether oxygens (including phenoxy) is 1. The number of aromatic nitrogens is 5. The minimum absolute atomic E-state index is 0.0893. The van der Waals surface area contributed by atoms with Gasteiger partial charge in [0.15, 0.2) is 0 Å². The van der Waals surface area contributed by atoms with Gasteiger partial charge in [-0.3, -0.25) is 24.2 Å². The quantitative estimate of drug-likeness (QED) is 0.111. The lowest BCUT2D eigenvalue weighted by atomic mass is 10.00. The van der Waals surface area contributed by atoms with Crippen LogP contribution in [0.5, 0.6) is 5.75 Å². The van der Waals surface area contributed by atoms with Crippen molar-refractivity contribution in [2.45, 2.75) is 46.1 Å². The second-order valence-corrected chi connectivity index (χ2v) is 11.4. The third-order valence-electron chi connectivity index (χ3n) is 8.10. The number of amides is 2. The molecule has 0 saturated carbocycles. The van der Waals surface area contributed by atoms with Gasteiger partial charge in [-0.15, -0.1) is 0 Å². The third-order valence-corrected chi connectivity index (χ3v) is 8.10. The number of hydrogen-bond donors (Lipinski definition) is 3. The number of fused-ring (bicyclic) bond motifs is 3. The zero-order valence-corrected chi connectivity index (χ0v) is 26.5. The zero-order chi connectivity index (χ0) is 32.9. The van der Waals surface area contributed by atoms with E-state index in [1.807, 2.05) is 50.2 Å². The summed E-state index contributed by atoms with van der Waals surface area (Å²) in [4.78, 5) is 34.9. The SMILES string of the molecule is COc1cc2c(cc1-c1c(C)noc1C)ncc1c(C(=O)NCCCCCC(=O)Nc3ccccc3N)n(Cc3ccncc3)nc12. The predicted molar refractivity (Wildman–Crippen MR) is 180 cm³/mol. The van der Waals surface area contributed by atoms with Crippen LogP contribution in [0.25, 0.3) is 32.9 Å². The van der Waals surface area contributed by atoms with E-state index in [1.54, 1.807) is 42.5 Å². The summed E-state index contributed by atoms with van der Waals surface area (Å²) in [6, 6.07) is 14.8. The maximum atomic E-state index is 13.7. The number of nitrogens with two attached hydrogens (primary N) is 1. The number of pyridine rings is 2. The number of unbranched alkanes of at least 4 members (excludes halogenated alkanes) is 2. The summed E-state index contributed by atoms with van der Waals surface area (Å²) in [5.74, 6) is 0.965. The summed E-state index contributed by atoms with van der Waals surface area (Å²) < 4.78 is 12.9. The van der Waals surface area contributed by atoms with Gasteiger partial charge in [0.1, 0.15) is 22.7 Å². The monoisotopic (exact) mass is 632 g/mol. The highest BCUT2D eigenvalue weighted by molar-refractivity contribution is 6.13. The van der Waals surface area contributed by atoms with E-state index in [-0.39, 0.29) is 11.8 Å². The molecule has 4 heterocycles. The summed E-state index contributed by atoms with van der Waals surface area (Å²) in [5, 5.41) is 16.3. The maximum absolute atomic E-state index is 13.7. The number of nitrogens with zero attached hydrogens (tertiary/aromatic N) is 5. The van der Waals surface area contributed by atoms with Gasteiger partial charge in [-0.25, -0.2) is 0 Å². The lowest BCUT2D eigenvalue weighted by Gasteiger charge is -2.10. The molecule has 4 aromatic heterocycles. The Kier molecular flexibility index (Phi) is 9.09. The Morgan fingerprint density at radius 1 is 1.02 bits per heavy atom. The van der Waals surface area contributed by atoms with Gasteiger partial charge >= 0.3 is 0 Å². The first-order valence-electron chi connectivity index (χ1n) is 15.5. The number of hydrogen-bond acceptors (Lipinski definition) is 9. The van der Waals surface area contributed by atoms with E-state index < -0.39 is 0 Å². The van der Waals surface area contributed by atoms with Crippen LogP contribution in [-0.4, -0.2) is 50.4 Å². The molecule has 2 aromatic carbocycles. The Labute approximate surface area is 271 Å². The third kappa shape index (κ3) is 6.62. The number of para-hydroxylation sites is 2. The van der Waals surface area contributed by atoms with E-state index in [9.17, 15) is 9.59 Å². The van der Waals surface area contributed by atoms with Gasteiger partial charge in [-0.1, -0.05) is 23.7 Å². The molecule has 12 nitrogen and oxygen atoms in total. The molecule has 4 N–H and O–H groups in total. The molecule has 12 heteroatoms. The van der Waals surface area contributed by atoms with Gasteiger partial charge in [0.2, 0.25) is 5.91 Å². The van der Waals surface area contributed by atoms with Gasteiger partial charge in [0.25, 0.3) is 5.91 Å². The first-order valence-corrected chi connectivity index (χ1v) is 15.5. The van der Waals surface area contributed by atoms with Crippen LogP contribution in [0.4, 0.5) is 11.4 Å². The van der Waals surface area contributed by atoms with Crippen LogP contribution in [0.3, 0.4) is 0 Å². The largest absolute Gasteiger partial charge is 0.496 e. The van der Waals surface area contributed by atoms with Gasteiger partial charge in [-0.2, -0.15) is 5.10 Å². The van der Waals surface area contributed by atoms with Crippen molar-refractivity contribution >= 4 is 45.0 Å². The average molecular weight is 633 g/mol. The van der Waals surface area contributed by atoms with Crippen LogP contribution in [0, 0.1) is 13.8 Å². The number of methoxy groups -OCH3 is 1. The van der Waals surface area contributed by atoms with E-state index >= 15 is 0 Å². The molecule has 0 atom stereocenters. The molecule has 0 fully saturated rings. The summed E-state index contributed by atoms with van der Waals surface area (Å²) in [5.41, 5.74) is 12.2. The second kappa shape index (κ2) is 13.7. The molecule has 6 rings (SSSR count). The van der Waals surface area contributed by atoms with E-state index in [2.05, 4.69) is 20.8 Å². The van der Waals surface area contributed by atoms with Crippen LogP contribution < -0.4 is 21.1 Å². The number of carbonyl (C=O) groups excluding carboxylic acids is 2. The molecule has 0 unspecified atom stereocenters. The smallest absolute Gasteiger partial charge is 0.270 e. The number of rotatable bonds is 12. The normalized spacial score (nSPS) is 11.2. The first-order chi connectivity index (χ1) is 22.8. The Morgan fingerprint density at radius 2 is 1.83 bits per heavy atom. The molecule has 0 saturated heterocycles. The topological polar surface area (TPSA) is 163 Å². The number of nitrogens with one attached hydrogen (secondary N) is 2. The fourth-order valence-electron chi connectivity index (χ4n) is 5.74. The van der Waals surface area contributed by atoms with Crippen molar-refractivity contribution < 1.29 is 18.8 Å². The minimum atomic E-state index is -0.251. The molecule has 47 heavy (non-hydrogen) atoms. The molecule has 0 aliphatic heterocycles. The Balaban J connectivity index is 1.22. The van der Waals surface area contributed by atoms with Gasteiger partial charge in [0.05, 0.1) is 47.2 Å². The van der Waals surface area contributed by atoms with E-state index in [0.717, 1.165) is 34.2 Å². The fraction of sp³-hybridized carbons (Fsp3) is 0.257. The highest BCUT2D eigenvalue weighted by Crippen LogP contribution is 2.39. The standard InChI is InChI=1S/C35H36N8O4/c1-21-32(22(2)47-42-21)25-17-29-24(18-30(25)46-3)33-26(19-39-29)34(43(41-33)20-23-12-15-37-16-13-23)35(45)38-14-8-4-5-11-31(44)40-28-10-7-6-9-27(28)36/h6-7,9-10,12-13,15-19H,4-5,8,11,14,20,36H2,1-3H3,(H,38,45)(H,40,44). The summed E-state index contributed by atoms with van der Waals surface area (Å²) >= 11 is 0. The van der Waals surface area contributed by atoms with Crippen molar-refractivity contribution in [2.24, 2.45) is 0 Å². The van der Waals surface area contributed by atoms with Crippen LogP contribution in [-0.2, 0) is 11.3 Å². The molecule has 0 aliphatic rings. The Bertz CT molecular complexity index is 2050. The van der Waals surface area contributed by atoms with Crippen molar-refractivity contribution in [2.75, 3.05) is 24.7 Å². The molecule has 0 radical (unpaired) electrons. The van der Waals surface area contributed by atoms with E-state index in [0.29, 0.717) is 77.4 Å². The van der Waals surface area contributed by atoms with Crippen molar-refractivity contribution in [3.63, 3.8) is 0 Å². The molecule has 0 aliphatic carbocycles. The maximum Gasteiger partial charge on any atom is 0.270 e. The zero-order valence-electron chi connectivity index (χ0n) is 26.5. The Morgan fingerprint density at radius 3 is 2.57 bits per heavy atom. The van der Waals surface area contributed by atoms with E-state index in [1.165, 1.54) is 0 Å². The molecular weight excluding hydrogens is 596 g/mol. The summed E-state index contributed by atoms with van der Waals surface area (Å²) in [6.07, 6.45) is 7.66. The lowest BCUT2D eigenvalue weighted by molar-refractivity contribution is -0.116. The highest BCUT2D eigenvalue weighted by Gasteiger charge is 2.23. The van der Waals surface area contributed by atoms with Gasteiger partial charge in [-0.05, 0) is 68.7 Å². The lowest BCUT2D eigenvalue weighted by Crippen LogP contribution is -2.27. The Hall–Kier alpha value is -5.78. The molecule has 240 valence electrons. The van der Waals surface area contributed by atoms with Crippen LogP contribution in [0.1, 0.15) is 53.2 Å². The summed E-state index contributed by atoms with van der Waals surface area (Å²) in [7, 11) is 1.61. The molecule has 2 amide bonds. The van der Waals surface area contributed by atoms with E-state index in [4.69, 9.17) is 25.1 Å². The minimum Gasteiger partial charge on any atom is -0.496 e.